The lowest BCUT2D eigenvalue weighted by Gasteiger charge is -2.56. The van der Waals surface area contributed by atoms with Crippen LogP contribution in [0.3, 0.4) is 0 Å². The van der Waals surface area contributed by atoms with E-state index in [4.69, 9.17) is 9.47 Å². The number of anilines is 1. The maximum absolute atomic E-state index is 12.7. The number of morpholine rings is 1. The number of ether oxygens (including phenoxy) is 2. The standard InChI is InChI=1S/C25H37N3O3/c29-24(27-25-16-19-13-20(17-25)15-21(14-19)18-25)26-22-3-5-23(6-4-22)31-10-2-1-7-28-8-11-30-12-9-28/h3-6,19-21H,1-2,7-18H2,(H2,26,27,29). The number of benzene rings is 1. The summed E-state index contributed by atoms with van der Waals surface area (Å²) in [6.07, 6.45) is 9.86. The lowest BCUT2D eigenvalue weighted by Crippen LogP contribution is -2.60. The van der Waals surface area contributed by atoms with Gasteiger partial charge < -0.3 is 20.1 Å². The first-order valence-corrected chi connectivity index (χ1v) is 12.3. The van der Waals surface area contributed by atoms with Crippen molar-refractivity contribution in [1.82, 2.24) is 10.2 Å². The molecule has 1 aromatic carbocycles. The molecule has 1 aliphatic heterocycles. The van der Waals surface area contributed by atoms with Crippen molar-refractivity contribution < 1.29 is 14.3 Å². The molecule has 6 rings (SSSR count). The average Bonchev–Trinajstić information content (AvgIpc) is 2.74. The van der Waals surface area contributed by atoms with Crippen LogP contribution < -0.4 is 15.4 Å². The van der Waals surface area contributed by atoms with Gasteiger partial charge in [0.05, 0.1) is 19.8 Å². The Balaban J connectivity index is 1.02. The number of carbonyl (C=O) groups excluding carboxylic acids is 1. The van der Waals surface area contributed by atoms with Crippen molar-refractivity contribution in [3.8, 4) is 5.75 Å². The van der Waals surface area contributed by atoms with Gasteiger partial charge in [0.1, 0.15) is 5.75 Å². The molecule has 0 spiro atoms. The molecule has 6 heteroatoms. The van der Waals surface area contributed by atoms with E-state index >= 15 is 0 Å². The van der Waals surface area contributed by atoms with Gasteiger partial charge in [-0.1, -0.05) is 0 Å². The minimum absolute atomic E-state index is 0.0447. The summed E-state index contributed by atoms with van der Waals surface area (Å²) in [5.41, 5.74) is 0.866. The summed E-state index contributed by atoms with van der Waals surface area (Å²) >= 11 is 0. The Morgan fingerprint density at radius 1 is 1.00 bits per heavy atom. The molecule has 2 amide bonds. The zero-order valence-electron chi connectivity index (χ0n) is 18.6. The molecule has 170 valence electrons. The first kappa shape index (κ1) is 21.1. The second-order valence-electron chi connectivity index (χ2n) is 10.3. The van der Waals surface area contributed by atoms with Crippen molar-refractivity contribution in [2.75, 3.05) is 44.8 Å². The Kier molecular flexibility index (Phi) is 6.37. The maximum Gasteiger partial charge on any atom is 0.319 e. The number of rotatable bonds is 8. The number of amides is 2. The van der Waals surface area contributed by atoms with Crippen LogP contribution in [0.2, 0.25) is 0 Å². The van der Waals surface area contributed by atoms with Crippen LogP contribution in [-0.4, -0.2) is 55.9 Å². The molecular weight excluding hydrogens is 390 g/mol. The molecule has 0 radical (unpaired) electrons. The van der Waals surface area contributed by atoms with Crippen molar-refractivity contribution in [3.63, 3.8) is 0 Å². The number of urea groups is 1. The zero-order valence-corrected chi connectivity index (χ0v) is 18.6. The largest absolute Gasteiger partial charge is 0.494 e. The quantitative estimate of drug-likeness (QED) is 0.608. The maximum atomic E-state index is 12.7. The molecule has 4 bridgehead atoms. The average molecular weight is 428 g/mol. The van der Waals surface area contributed by atoms with Gasteiger partial charge in [0.15, 0.2) is 0 Å². The summed E-state index contributed by atoms with van der Waals surface area (Å²) in [4.78, 5) is 15.1. The molecule has 0 unspecified atom stereocenters. The Morgan fingerprint density at radius 3 is 2.29 bits per heavy atom. The topological polar surface area (TPSA) is 62.8 Å². The number of hydrogen-bond acceptors (Lipinski definition) is 4. The minimum Gasteiger partial charge on any atom is -0.494 e. The number of unbranched alkanes of at least 4 members (excludes halogenated alkanes) is 1. The summed E-state index contributed by atoms with van der Waals surface area (Å²) < 4.78 is 11.3. The zero-order chi connectivity index (χ0) is 21.1. The fourth-order valence-corrected chi connectivity index (χ4v) is 6.75. The third-order valence-electron chi connectivity index (χ3n) is 7.77. The number of hydrogen-bond donors (Lipinski definition) is 2. The molecule has 0 atom stereocenters. The first-order valence-electron chi connectivity index (χ1n) is 12.3. The molecule has 1 aromatic rings. The van der Waals surface area contributed by atoms with Crippen LogP contribution in [0.4, 0.5) is 10.5 Å². The molecule has 4 aliphatic carbocycles. The van der Waals surface area contributed by atoms with E-state index in [1.165, 1.54) is 38.5 Å². The van der Waals surface area contributed by atoms with Gasteiger partial charge in [-0.05, 0) is 99.9 Å². The van der Waals surface area contributed by atoms with Gasteiger partial charge in [0, 0.05) is 24.3 Å². The van der Waals surface area contributed by atoms with E-state index in [-0.39, 0.29) is 11.6 Å². The van der Waals surface area contributed by atoms with E-state index in [1.54, 1.807) is 0 Å². The summed E-state index contributed by atoms with van der Waals surface area (Å²) in [6.45, 7) is 5.66. The van der Waals surface area contributed by atoms with E-state index in [1.807, 2.05) is 24.3 Å². The van der Waals surface area contributed by atoms with Gasteiger partial charge in [-0.3, -0.25) is 4.90 Å². The number of nitrogens with zero attached hydrogens (tertiary/aromatic N) is 1. The summed E-state index contributed by atoms with van der Waals surface area (Å²) in [5, 5.41) is 6.41. The summed E-state index contributed by atoms with van der Waals surface area (Å²) in [6, 6.07) is 7.70. The highest BCUT2D eigenvalue weighted by Gasteiger charge is 2.51. The van der Waals surface area contributed by atoms with Crippen LogP contribution in [0.25, 0.3) is 0 Å². The Labute approximate surface area is 186 Å². The lowest BCUT2D eigenvalue weighted by molar-refractivity contribution is -0.0127. The molecule has 5 aliphatic rings. The third-order valence-corrected chi connectivity index (χ3v) is 7.77. The molecule has 31 heavy (non-hydrogen) atoms. The van der Waals surface area contributed by atoms with Gasteiger partial charge in [-0.2, -0.15) is 0 Å². The molecule has 5 fully saturated rings. The van der Waals surface area contributed by atoms with Crippen LogP contribution in [-0.2, 0) is 4.74 Å². The smallest absolute Gasteiger partial charge is 0.319 e. The molecular formula is C25H37N3O3. The molecule has 0 aromatic heterocycles. The van der Waals surface area contributed by atoms with Gasteiger partial charge in [0.25, 0.3) is 0 Å². The fraction of sp³-hybridized carbons (Fsp3) is 0.720. The highest BCUT2D eigenvalue weighted by molar-refractivity contribution is 5.89. The number of carbonyl (C=O) groups is 1. The third kappa shape index (κ3) is 5.35. The minimum atomic E-state index is -0.0567. The van der Waals surface area contributed by atoms with Crippen molar-refractivity contribution >= 4 is 11.7 Å². The molecule has 1 heterocycles. The van der Waals surface area contributed by atoms with Gasteiger partial charge in [0.2, 0.25) is 0 Å². The van der Waals surface area contributed by atoms with Gasteiger partial charge in [-0.25, -0.2) is 4.79 Å². The molecule has 2 N–H and O–H groups in total. The van der Waals surface area contributed by atoms with Crippen LogP contribution in [0.1, 0.15) is 51.4 Å². The van der Waals surface area contributed by atoms with E-state index in [0.29, 0.717) is 0 Å². The predicted molar refractivity (Wildman–Crippen MR) is 121 cm³/mol. The Hall–Kier alpha value is -1.79. The van der Waals surface area contributed by atoms with Crippen molar-refractivity contribution in [2.45, 2.75) is 56.9 Å². The summed E-state index contributed by atoms with van der Waals surface area (Å²) in [7, 11) is 0. The summed E-state index contributed by atoms with van der Waals surface area (Å²) in [5.74, 6) is 3.35. The SMILES string of the molecule is O=C(Nc1ccc(OCCCCN2CCOCC2)cc1)NC12CC3CC(CC(C3)C1)C2. The van der Waals surface area contributed by atoms with E-state index < -0.39 is 0 Å². The normalized spacial score (nSPS) is 32.1. The van der Waals surface area contributed by atoms with Crippen molar-refractivity contribution in [2.24, 2.45) is 17.8 Å². The van der Waals surface area contributed by atoms with Crippen LogP contribution in [0.15, 0.2) is 24.3 Å². The Bertz CT molecular complexity index is 710. The lowest BCUT2D eigenvalue weighted by atomic mass is 9.53. The van der Waals surface area contributed by atoms with Crippen LogP contribution in [0.5, 0.6) is 5.75 Å². The predicted octanol–water partition coefficient (Wildman–Crippen LogP) is 4.27. The molecule has 6 nitrogen and oxygen atoms in total. The number of nitrogens with one attached hydrogen (secondary N) is 2. The molecule has 1 saturated heterocycles. The highest BCUT2D eigenvalue weighted by Crippen LogP contribution is 2.55. The van der Waals surface area contributed by atoms with Crippen LogP contribution >= 0.6 is 0 Å². The van der Waals surface area contributed by atoms with Gasteiger partial charge >= 0.3 is 6.03 Å². The van der Waals surface area contributed by atoms with E-state index in [2.05, 4.69) is 15.5 Å². The second kappa shape index (κ2) is 9.37. The fourth-order valence-electron chi connectivity index (χ4n) is 6.75. The van der Waals surface area contributed by atoms with Gasteiger partial charge in [-0.15, -0.1) is 0 Å². The van der Waals surface area contributed by atoms with Crippen LogP contribution in [0, 0.1) is 17.8 Å². The monoisotopic (exact) mass is 427 g/mol. The first-order chi connectivity index (χ1) is 15.2. The van der Waals surface area contributed by atoms with E-state index in [9.17, 15) is 4.79 Å². The van der Waals surface area contributed by atoms with E-state index in [0.717, 1.165) is 81.5 Å². The Morgan fingerprint density at radius 2 is 1.65 bits per heavy atom. The van der Waals surface area contributed by atoms with Crippen molar-refractivity contribution in [1.29, 1.82) is 0 Å². The highest BCUT2D eigenvalue weighted by atomic mass is 16.5. The second-order valence-corrected chi connectivity index (χ2v) is 10.3. The molecule has 4 saturated carbocycles. The van der Waals surface area contributed by atoms with Crippen molar-refractivity contribution in [3.05, 3.63) is 24.3 Å².